The number of halogens is 1. The van der Waals surface area contributed by atoms with Gasteiger partial charge in [-0.25, -0.2) is 4.79 Å². The average Bonchev–Trinajstić information content (AvgIpc) is 2.73. The third-order valence-electron chi connectivity index (χ3n) is 2.86. The Kier molecular flexibility index (Phi) is 3.76. The highest BCUT2D eigenvalue weighted by Gasteiger charge is 2.13. The molecule has 96 valence electrons. The van der Waals surface area contributed by atoms with Gasteiger partial charge in [0.15, 0.2) is 0 Å². The van der Waals surface area contributed by atoms with Crippen LogP contribution in [0.15, 0.2) is 22.7 Å². The van der Waals surface area contributed by atoms with Crippen LogP contribution in [0.4, 0.5) is 0 Å². The van der Waals surface area contributed by atoms with E-state index < -0.39 is 0 Å². The molecule has 18 heavy (non-hydrogen) atoms. The van der Waals surface area contributed by atoms with Crippen LogP contribution in [0.5, 0.6) is 0 Å². The molecule has 2 aromatic rings. The normalized spacial score (nSPS) is 11.2. The summed E-state index contributed by atoms with van der Waals surface area (Å²) in [5.74, 6) is 0.137. The van der Waals surface area contributed by atoms with Crippen molar-refractivity contribution in [3.05, 3.63) is 33.9 Å². The molecule has 0 aliphatic carbocycles. The molecule has 1 aromatic heterocycles. The van der Waals surface area contributed by atoms with Crippen molar-refractivity contribution in [3.8, 4) is 0 Å². The van der Waals surface area contributed by atoms with Crippen molar-refractivity contribution in [1.29, 1.82) is 0 Å². The third kappa shape index (κ3) is 2.43. The monoisotopic (exact) mass is 309 g/mol. The lowest BCUT2D eigenvalue weighted by molar-refractivity contribution is 0.0520. The Bertz CT molecular complexity index is 587. The molecular formula is C14H16BrNO2. The van der Waals surface area contributed by atoms with E-state index in [9.17, 15) is 4.79 Å². The molecule has 0 fully saturated rings. The van der Waals surface area contributed by atoms with Crippen LogP contribution in [0.1, 0.15) is 42.7 Å². The van der Waals surface area contributed by atoms with Gasteiger partial charge in [-0.3, -0.25) is 0 Å². The molecule has 0 spiro atoms. The molecule has 3 nitrogen and oxygen atoms in total. The van der Waals surface area contributed by atoms with Crippen LogP contribution >= 0.6 is 15.9 Å². The smallest absolute Gasteiger partial charge is 0.354 e. The first-order chi connectivity index (χ1) is 8.52. The Morgan fingerprint density at radius 3 is 2.72 bits per heavy atom. The Morgan fingerprint density at radius 1 is 1.39 bits per heavy atom. The summed E-state index contributed by atoms with van der Waals surface area (Å²) in [4.78, 5) is 14.8. The minimum Gasteiger partial charge on any atom is -0.461 e. The van der Waals surface area contributed by atoms with Crippen LogP contribution in [-0.4, -0.2) is 17.6 Å². The first-order valence-electron chi connectivity index (χ1n) is 6.02. The molecule has 0 saturated heterocycles. The maximum Gasteiger partial charge on any atom is 0.354 e. The first kappa shape index (κ1) is 13.1. The maximum atomic E-state index is 11.7. The van der Waals surface area contributed by atoms with Gasteiger partial charge in [0, 0.05) is 9.86 Å². The second kappa shape index (κ2) is 5.14. The number of carbonyl (C=O) groups excluding carboxylic acids is 1. The number of ether oxygens (including phenoxy) is 1. The molecule has 0 radical (unpaired) electrons. The van der Waals surface area contributed by atoms with E-state index in [1.807, 2.05) is 6.07 Å². The molecule has 0 bridgehead atoms. The molecule has 0 aliphatic rings. The molecule has 1 N–H and O–H groups in total. The van der Waals surface area contributed by atoms with Gasteiger partial charge in [-0.1, -0.05) is 13.8 Å². The topological polar surface area (TPSA) is 42.1 Å². The number of rotatable bonds is 3. The lowest BCUT2D eigenvalue weighted by Crippen LogP contribution is -2.04. The number of carbonyl (C=O) groups is 1. The number of hydrogen-bond acceptors (Lipinski definition) is 2. The van der Waals surface area contributed by atoms with E-state index in [2.05, 4.69) is 46.9 Å². The highest BCUT2D eigenvalue weighted by atomic mass is 79.9. The number of fused-ring (bicyclic) bond motifs is 1. The van der Waals surface area contributed by atoms with E-state index in [0.29, 0.717) is 18.2 Å². The largest absolute Gasteiger partial charge is 0.461 e. The van der Waals surface area contributed by atoms with Gasteiger partial charge in [0.2, 0.25) is 0 Å². The van der Waals surface area contributed by atoms with Crippen molar-refractivity contribution in [2.75, 3.05) is 6.61 Å². The standard InChI is InChI=1S/C14H16BrNO2/c1-4-18-14(17)12-7-10-5-9(8(2)3)6-11(15)13(10)16-12/h5-8,16H,4H2,1-3H3. The third-order valence-corrected chi connectivity index (χ3v) is 3.49. The zero-order chi connectivity index (χ0) is 13.3. The number of benzene rings is 1. The summed E-state index contributed by atoms with van der Waals surface area (Å²) in [7, 11) is 0. The Hall–Kier alpha value is -1.29. The Labute approximate surface area is 115 Å². The zero-order valence-corrected chi connectivity index (χ0v) is 12.3. The fraction of sp³-hybridized carbons (Fsp3) is 0.357. The van der Waals surface area contributed by atoms with Crippen LogP contribution in [0, 0.1) is 0 Å². The number of nitrogens with one attached hydrogen (secondary N) is 1. The minimum absolute atomic E-state index is 0.313. The fourth-order valence-electron chi connectivity index (χ4n) is 1.87. The second-order valence-electron chi connectivity index (χ2n) is 4.53. The van der Waals surface area contributed by atoms with Gasteiger partial charge in [-0.15, -0.1) is 0 Å². The summed E-state index contributed by atoms with van der Waals surface area (Å²) in [6, 6.07) is 6.02. The Morgan fingerprint density at radius 2 is 2.11 bits per heavy atom. The SMILES string of the molecule is CCOC(=O)c1cc2cc(C(C)C)cc(Br)c2[nH]1. The summed E-state index contributed by atoms with van der Waals surface area (Å²) in [6.45, 7) is 6.47. The average molecular weight is 310 g/mol. The molecule has 0 aliphatic heterocycles. The van der Waals surface area contributed by atoms with Gasteiger partial charge in [0.25, 0.3) is 0 Å². The van der Waals surface area contributed by atoms with Crippen molar-refractivity contribution in [1.82, 2.24) is 4.98 Å². The molecule has 1 heterocycles. The molecular weight excluding hydrogens is 294 g/mol. The quantitative estimate of drug-likeness (QED) is 0.862. The van der Waals surface area contributed by atoms with Gasteiger partial charge in [-0.2, -0.15) is 0 Å². The number of aromatic nitrogens is 1. The van der Waals surface area contributed by atoms with Crippen molar-refractivity contribution < 1.29 is 9.53 Å². The zero-order valence-electron chi connectivity index (χ0n) is 10.7. The van der Waals surface area contributed by atoms with Gasteiger partial charge in [0.1, 0.15) is 5.69 Å². The maximum absolute atomic E-state index is 11.7. The molecule has 0 atom stereocenters. The van der Waals surface area contributed by atoms with Gasteiger partial charge in [0.05, 0.1) is 12.1 Å². The van der Waals surface area contributed by atoms with Crippen LogP contribution in [0.2, 0.25) is 0 Å². The minimum atomic E-state index is -0.313. The van der Waals surface area contributed by atoms with Gasteiger partial charge in [-0.05, 0) is 52.5 Å². The first-order valence-corrected chi connectivity index (χ1v) is 6.81. The highest BCUT2D eigenvalue weighted by molar-refractivity contribution is 9.10. The summed E-state index contributed by atoms with van der Waals surface area (Å²) in [5, 5.41) is 1.02. The van der Waals surface area contributed by atoms with E-state index in [1.165, 1.54) is 5.56 Å². The van der Waals surface area contributed by atoms with Crippen LogP contribution < -0.4 is 0 Å². The number of esters is 1. The van der Waals surface area contributed by atoms with E-state index >= 15 is 0 Å². The number of hydrogen-bond donors (Lipinski definition) is 1. The summed E-state index contributed by atoms with van der Waals surface area (Å²) in [5.41, 5.74) is 2.67. The van der Waals surface area contributed by atoms with Crippen LogP contribution in [0.25, 0.3) is 10.9 Å². The Balaban J connectivity index is 2.50. The summed E-state index contributed by atoms with van der Waals surface area (Å²) >= 11 is 3.53. The molecule has 0 unspecified atom stereocenters. The molecule has 2 rings (SSSR count). The van der Waals surface area contributed by atoms with E-state index in [-0.39, 0.29) is 5.97 Å². The van der Waals surface area contributed by atoms with Crippen LogP contribution in [0.3, 0.4) is 0 Å². The van der Waals surface area contributed by atoms with Crippen molar-refractivity contribution >= 4 is 32.8 Å². The lowest BCUT2D eigenvalue weighted by atomic mass is 10.0. The van der Waals surface area contributed by atoms with Crippen molar-refractivity contribution in [2.45, 2.75) is 26.7 Å². The van der Waals surface area contributed by atoms with E-state index in [4.69, 9.17) is 4.74 Å². The van der Waals surface area contributed by atoms with E-state index in [0.717, 1.165) is 15.4 Å². The van der Waals surface area contributed by atoms with E-state index in [1.54, 1.807) is 6.92 Å². The number of H-pyrrole nitrogens is 1. The van der Waals surface area contributed by atoms with Crippen molar-refractivity contribution in [2.24, 2.45) is 0 Å². The highest BCUT2D eigenvalue weighted by Crippen LogP contribution is 2.29. The number of aromatic amines is 1. The lowest BCUT2D eigenvalue weighted by Gasteiger charge is -2.06. The van der Waals surface area contributed by atoms with Crippen LogP contribution in [-0.2, 0) is 4.74 Å². The summed E-state index contributed by atoms with van der Waals surface area (Å²) in [6.07, 6.45) is 0. The van der Waals surface area contributed by atoms with Crippen molar-refractivity contribution in [3.63, 3.8) is 0 Å². The summed E-state index contributed by atoms with van der Waals surface area (Å²) < 4.78 is 5.96. The molecule has 4 heteroatoms. The molecule has 0 saturated carbocycles. The predicted molar refractivity (Wildman–Crippen MR) is 76.0 cm³/mol. The predicted octanol–water partition coefficient (Wildman–Crippen LogP) is 4.23. The van der Waals surface area contributed by atoms with Gasteiger partial charge < -0.3 is 9.72 Å². The fourth-order valence-corrected chi connectivity index (χ4v) is 2.47. The second-order valence-corrected chi connectivity index (χ2v) is 5.38. The molecule has 0 amide bonds. The van der Waals surface area contributed by atoms with Gasteiger partial charge >= 0.3 is 5.97 Å². The molecule has 1 aromatic carbocycles.